The number of carbonyl (C=O) groups is 2. The first-order valence-corrected chi connectivity index (χ1v) is 11.4. The Kier molecular flexibility index (Phi) is 6.90. The van der Waals surface area contributed by atoms with Gasteiger partial charge in [0.2, 0.25) is 5.91 Å². The van der Waals surface area contributed by atoms with E-state index in [1.165, 1.54) is 0 Å². The zero-order valence-electron chi connectivity index (χ0n) is 18.8. The molecule has 168 valence electrons. The average Bonchev–Trinajstić information content (AvgIpc) is 3.21. The molecule has 0 aliphatic heterocycles. The SMILES string of the molecule is CCn1c(C(=O)NCc2ccccc2)cc2cc(NC(=O)[C@H]3CCC[C@@H](OC)C3)ccc21. The molecule has 0 saturated heterocycles. The van der Waals surface area contributed by atoms with Crippen LogP contribution in [0.3, 0.4) is 0 Å². The summed E-state index contributed by atoms with van der Waals surface area (Å²) < 4.78 is 7.46. The van der Waals surface area contributed by atoms with Gasteiger partial charge in [-0.1, -0.05) is 36.8 Å². The van der Waals surface area contributed by atoms with E-state index in [-0.39, 0.29) is 23.8 Å². The van der Waals surface area contributed by atoms with Gasteiger partial charge in [-0.2, -0.15) is 0 Å². The Morgan fingerprint density at radius 1 is 1.09 bits per heavy atom. The predicted octanol–water partition coefficient (Wildman–Crippen LogP) is 4.73. The minimum Gasteiger partial charge on any atom is -0.381 e. The molecule has 2 amide bonds. The number of amides is 2. The second-order valence-corrected chi connectivity index (χ2v) is 8.43. The number of rotatable bonds is 7. The number of ether oxygens (including phenoxy) is 1. The minimum atomic E-state index is -0.106. The van der Waals surface area contributed by atoms with E-state index in [0.717, 1.165) is 47.8 Å². The molecule has 6 nitrogen and oxygen atoms in total. The number of hydrogen-bond donors (Lipinski definition) is 2. The summed E-state index contributed by atoms with van der Waals surface area (Å²) in [6.07, 6.45) is 3.86. The van der Waals surface area contributed by atoms with E-state index in [4.69, 9.17) is 4.74 Å². The van der Waals surface area contributed by atoms with Crippen LogP contribution in [-0.4, -0.2) is 29.6 Å². The van der Waals surface area contributed by atoms with Crippen LogP contribution < -0.4 is 10.6 Å². The number of aryl methyl sites for hydroxylation is 1. The van der Waals surface area contributed by atoms with Crippen molar-refractivity contribution in [2.45, 2.75) is 51.8 Å². The van der Waals surface area contributed by atoms with Crippen LogP contribution in [0.5, 0.6) is 0 Å². The molecule has 32 heavy (non-hydrogen) atoms. The monoisotopic (exact) mass is 433 g/mol. The van der Waals surface area contributed by atoms with E-state index in [0.29, 0.717) is 18.8 Å². The highest BCUT2D eigenvalue weighted by Crippen LogP contribution is 2.28. The molecular weight excluding hydrogens is 402 g/mol. The van der Waals surface area contributed by atoms with Gasteiger partial charge in [-0.3, -0.25) is 9.59 Å². The molecule has 0 unspecified atom stereocenters. The average molecular weight is 434 g/mol. The maximum Gasteiger partial charge on any atom is 0.268 e. The zero-order chi connectivity index (χ0) is 22.5. The topological polar surface area (TPSA) is 72.4 Å². The Bertz CT molecular complexity index is 1090. The largest absolute Gasteiger partial charge is 0.381 e. The molecule has 1 heterocycles. The summed E-state index contributed by atoms with van der Waals surface area (Å²) in [6, 6.07) is 17.6. The number of fused-ring (bicyclic) bond motifs is 1. The molecule has 1 fully saturated rings. The fourth-order valence-corrected chi connectivity index (χ4v) is 4.59. The van der Waals surface area contributed by atoms with Crippen molar-refractivity contribution in [1.82, 2.24) is 9.88 Å². The molecule has 2 aromatic carbocycles. The Labute approximate surface area is 188 Å². The van der Waals surface area contributed by atoms with E-state index >= 15 is 0 Å². The maximum absolute atomic E-state index is 12.9. The summed E-state index contributed by atoms with van der Waals surface area (Å²) in [6.45, 7) is 3.19. The van der Waals surface area contributed by atoms with Crippen molar-refractivity contribution in [3.63, 3.8) is 0 Å². The summed E-state index contributed by atoms with van der Waals surface area (Å²) in [4.78, 5) is 25.7. The number of carbonyl (C=O) groups excluding carboxylic acids is 2. The molecule has 1 saturated carbocycles. The highest BCUT2D eigenvalue weighted by molar-refractivity contribution is 6.00. The number of methoxy groups -OCH3 is 1. The van der Waals surface area contributed by atoms with Gasteiger partial charge in [0.05, 0.1) is 6.10 Å². The smallest absolute Gasteiger partial charge is 0.268 e. The van der Waals surface area contributed by atoms with Crippen LogP contribution in [0.2, 0.25) is 0 Å². The van der Waals surface area contributed by atoms with E-state index in [1.54, 1.807) is 7.11 Å². The van der Waals surface area contributed by atoms with Crippen molar-refractivity contribution >= 4 is 28.4 Å². The molecule has 4 rings (SSSR count). The summed E-state index contributed by atoms with van der Waals surface area (Å²) in [5.41, 5.74) is 3.42. The van der Waals surface area contributed by atoms with Crippen LogP contribution in [0.4, 0.5) is 5.69 Å². The van der Waals surface area contributed by atoms with Crippen LogP contribution in [0.15, 0.2) is 54.6 Å². The molecule has 2 atom stereocenters. The second-order valence-electron chi connectivity index (χ2n) is 8.43. The van der Waals surface area contributed by atoms with E-state index in [9.17, 15) is 9.59 Å². The van der Waals surface area contributed by atoms with Gasteiger partial charge in [0.25, 0.3) is 5.91 Å². The second kappa shape index (κ2) is 10.0. The molecule has 0 radical (unpaired) electrons. The van der Waals surface area contributed by atoms with Gasteiger partial charge in [-0.25, -0.2) is 0 Å². The molecule has 2 N–H and O–H groups in total. The van der Waals surface area contributed by atoms with Crippen LogP contribution in [-0.2, 0) is 22.6 Å². The van der Waals surface area contributed by atoms with Gasteiger partial charge in [0, 0.05) is 42.7 Å². The highest BCUT2D eigenvalue weighted by Gasteiger charge is 2.27. The first-order valence-electron chi connectivity index (χ1n) is 11.4. The van der Waals surface area contributed by atoms with Gasteiger partial charge in [0.1, 0.15) is 5.69 Å². The van der Waals surface area contributed by atoms with Gasteiger partial charge in [0.15, 0.2) is 0 Å². The van der Waals surface area contributed by atoms with Crippen molar-refractivity contribution in [2.24, 2.45) is 5.92 Å². The summed E-state index contributed by atoms with van der Waals surface area (Å²) >= 11 is 0. The Morgan fingerprint density at radius 3 is 2.66 bits per heavy atom. The van der Waals surface area contributed by atoms with Gasteiger partial charge in [-0.15, -0.1) is 0 Å². The van der Waals surface area contributed by atoms with E-state index < -0.39 is 0 Å². The van der Waals surface area contributed by atoms with Gasteiger partial charge >= 0.3 is 0 Å². The number of nitrogens with one attached hydrogen (secondary N) is 2. The number of hydrogen-bond acceptors (Lipinski definition) is 3. The first-order chi connectivity index (χ1) is 15.6. The number of nitrogens with zero attached hydrogens (tertiary/aromatic N) is 1. The molecule has 1 aliphatic carbocycles. The standard InChI is InChI=1S/C26H31N3O3/c1-3-29-23-13-12-21(28-25(30)19-10-7-11-22(15-19)32-2)14-20(23)16-24(29)26(31)27-17-18-8-5-4-6-9-18/h4-6,8-9,12-14,16,19,22H,3,7,10-11,15,17H2,1-2H3,(H,27,31)(H,28,30)/t19-,22+/m0/s1. The third-order valence-corrected chi connectivity index (χ3v) is 6.34. The number of benzene rings is 2. The fourth-order valence-electron chi connectivity index (χ4n) is 4.59. The Morgan fingerprint density at radius 2 is 1.91 bits per heavy atom. The van der Waals surface area contributed by atoms with Gasteiger partial charge in [-0.05, 0) is 56.0 Å². The Hall–Kier alpha value is -3.12. The van der Waals surface area contributed by atoms with E-state index in [2.05, 4.69) is 10.6 Å². The maximum atomic E-state index is 12.9. The molecule has 6 heteroatoms. The molecule has 1 aromatic heterocycles. The molecular formula is C26H31N3O3. The lowest BCUT2D eigenvalue weighted by Crippen LogP contribution is -2.30. The van der Waals surface area contributed by atoms with Gasteiger partial charge < -0.3 is 19.9 Å². The van der Waals surface area contributed by atoms with Crippen molar-refractivity contribution in [2.75, 3.05) is 12.4 Å². The summed E-state index contributed by atoms with van der Waals surface area (Å²) in [7, 11) is 1.71. The quantitative estimate of drug-likeness (QED) is 0.566. The van der Waals surface area contributed by atoms with Crippen molar-refractivity contribution in [3.8, 4) is 0 Å². The molecule has 1 aliphatic rings. The lowest BCUT2D eigenvalue weighted by molar-refractivity contribution is -0.122. The number of aromatic nitrogens is 1. The molecule has 0 spiro atoms. The lowest BCUT2D eigenvalue weighted by atomic mass is 9.86. The molecule has 3 aromatic rings. The third kappa shape index (κ3) is 4.86. The Balaban J connectivity index is 1.49. The minimum absolute atomic E-state index is 0.0241. The summed E-state index contributed by atoms with van der Waals surface area (Å²) in [5.74, 6) is -0.0869. The predicted molar refractivity (Wildman–Crippen MR) is 127 cm³/mol. The number of anilines is 1. The van der Waals surface area contributed by atoms with Crippen LogP contribution in [0, 0.1) is 5.92 Å². The summed E-state index contributed by atoms with van der Waals surface area (Å²) in [5, 5.41) is 7.01. The fraction of sp³-hybridized carbons (Fsp3) is 0.385. The van der Waals surface area contributed by atoms with Crippen molar-refractivity contribution in [1.29, 1.82) is 0 Å². The van der Waals surface area contributed by atoms with Crippen LogP contribution >= 0.6 is 0 Å². The van der Waals surface area contributed by atoms with Crippen LogP contribution in [0.1, 0.15) is 48.7 Å². The normalized spacial score (nSPS) is 18.4. The first kappa shape index (κ1) is 22.1. The zero-order valence-corrected chi connectivity index (χ0v) is 18.8. The van der Waals surface area contributed by atoms with Crippen molar-refractivity contribution < 1.29 is 14.3 Å². The highest BCUT2D eigenvalue weighted by atomic mass is 16.5. The van der Waals surface area contributed by atoms with Crippen LogP contribution in [0.25, 0.3) is 10.9 Å². The molecule has 0 bridgehead atoms. The van der Waals surface area contributed by atoms with Crippen molar-refractivity contribution in [3.05, 3.63) is 65.9 Å². The lowest BCUT2D eigenvalue weighted by Gasteiger charge is -2.27. The van der Waals surface area contributed by atoms with E-state index in [1.807, 2.05) is 66.1 Å². The third-order valence-electron chi connectivity index (χ3n) is 6.34.